The highest BCUT2D eigenvalue weighted by molar-refractivity contribution is 7.89. The molecule has 1 fully saturated rings. The largest absolute Gasteiger partial charge is 0.496 e. The Hall–Kier alpha value is -1.96. The predicted octanol–water partition coefficient (Wildman–Crippen LogP) is 1.77. The zero-order valence-electron chi connectivity index (χ0n) is 13.8. The summed E-state index contributed by atoms with van der Waals surface area (Å²) in [6.45, 7) is 1.50. The fourth-order valence-corrected chi connectivity index (χ4v) is 4.40. The average molecular weight is 347 g/mol. The van der Waals surface area contributed by atoms with Crippen LogP contribution in [0.4, 0.5) is 0 Å². The molecule has 128 valence electrons. The second kappa shape index (κ2) is 6.88. The summed E-state index contributed by atoms with van der Waals surface area (Å²) in [6, 6.07) is 10.9. The first kappa shape index (κ1) is 16.9. The second-order valence-electron chi connectivity index (χ2n) is 5.79. The monoisotopic (exact) mass is 347 g/mol. The summed E-state index contributed by atoms with van der Waals surface area (Å²) >= 11 is 0. The third kappa shape index (κ3) is 3.15. The number of rotatable bonds is 4. The number of aromatic nitrogens is 1. The molecule has 0 amide bonds. The molecule has 6 nitrogen and oxygen atoms in total. The van der Waals surface area contributed by atoms with Crippen LogP contribution >= 0.6 is 0 Å². The third-order valence-electron chi connectivity index (χ3n) is 4.38. The minimum Gasteiger partial charge on any atom is -0.496 e. The van der Waals surface area contributed by atoms with Gasteiger partial charge in [0.2, 0.25) is 10.0 Å². The number of pyridine rings is 1. The van der Waals surface area contributed by atoms with Crippen LogP contribution < -0.4 is 4.74 Å². The number of piperazine rings is 1. The van der Waals surface area contributed by atoms with Crippen LogP contribution in [0.1, 0.15) is 11.6 Å². The predicted molar refractivity (Wildman–Crippen MR) is 91.4 cm³/mol. The molecule has 1 aliphatic heterocycles. The van der Waals surface area contributed by atoms with Gasteiger partial charge in [-0.25, -0.2) is 8.42 Å². The number of hydrogen-bond acceptors (Lipinski definition) is 5. The number of likely N-dealkylation sites (N-methyl/N-ethyl adjacent to an activating group) is 1. The number of nitrogens with zero attached hydrogens (tertiary/aromatic N) is 3. The van der Waals surface area contributed by atoms with E-state index < -0.39 is 10.0 Å². The van der Waals surface area contributed by atoms with Crippen molar-refractivity contribution in [2.45, 2.75) is 10.9 Å². The molecular weight excluding hydrogens is 326 g/mol. The Balaban J connectivity index is 1.91. The standard InChI is InChI=1S/C17H21N3O3S/c1-19-10-11-20(24(21,22)14-6-5-9-18-12-14)13-16(19)15-7-3-4-8-17(15)23-2/h3-9,12,16H,10-11,13H2,1-2H3. The molecule has 1 unspecified atom stereocenters. The lowest BCUT2D eigenvalue weighted by atomic mass is 10.0. The van der Waals surface area contributed by atoms with Crippen LogP contribution in [0.2, 0.25) is 0 Å². The molecule has 1 saturated heterocycles. The fourth-order valence-electron chi connectivity index (χ4n) is 2.99. The molecule has 3 rings (SSSR count). The van der Waals surface area contributed by atoms with Crippen LogP contribution in [0.5, 0.6) is 5.75 Å². The van der Waals surface area contributed by atoms with Gasteiger partial charge in [0.15, 0.2) is 0 Å². The van der Waals surface area contributed by atoms with Gasteiger partial charge in [-0.15, -0.1) is 0 Å². The van der Waals surface area contributed by atoms with Crippen LogP contribution in [0, 0.1) is 0 Å². The normalized spacial score (nSPS) is 20.0. The van der Waals surface area contributed by atoms with Crippen molar-refractivity contribution < 1.29 is 13.2 Å². The number of benzene rings is 1. The lowest BCUT2D eigenvalue weighted by Crippen LogP contribution is -2.48. The quantitative estimate of drug-likeness (QED) is 0.843. The molecule has 0 spiro atoms. The van der Waals surface area contributed by atoms with E-state index in [0.29, 0.717) is 19.6 Å². The molecule has 0 N–H and O–H groups in total. The van der Waals surface area contributed by atoms with Crippen LogP contribution in [0.3, 0.4) is 0 Å². The Morgan fingerprint density at radius 1 is 1.17 bits per heavy atom. The van der Waals surface area contributed by atoms with E-state index in [1.165, 1.54) is 10.5 Å². The van der Waals surface area contributed by atoms with Crippen molar-refractivity contribution in [3.8, 4) is 5.75 Å². The molecule has 7 heteroatoms. The Kier molecular flexibility index (Phi) is 4.84. The van der Waals surface area contributed by atoms with Gasteiger partial charge < -0.3 is 4.74 Å². The van der Waals surface area contributed by atoms with E-state index >= 15 is 0 Å². The summed E-state index contributed by atoms with van der Waals surface area (Å²) in [5, 5.41) is 0. The van der Waals surface area contributed by atoms with E-state index in [2.05, 4.69) is 9.88 Å². The average Bonchev–Trinajstić information content (AvgIpc) is 2.62. The van der Waals surface area contributed by atoms with Crippen molar-refractivity contribution in [2.24, 2.45) is 0 Å². The molecule has 1 atom stereocenters. The van der Waals surface area contributed by atoms with Crippen molar-refractivity contribution in [1.82, 2.24) is 14.2 Å². The molecule has 1 aromatic carbocycles. The van der Waals surface area contributed by atoms with Gasteiger partial charge in [-0.3, -0.25) is 9.88 Å². The van der Waals surface area contributed by atoms with E-state index in [-0.39, 0.29) is 10.9 Å². The van der Waals surface area contributed by atoms with E-state index in [0.717, 1.165) is 11.3 Å². The number of para-hydroxylation sites is 1. The molecule has 0 saturated carbocycles. The van der Waals surface area contributed by atoms with Crippen molar-refractivity contribution in [2.75, 3.05) is 33.8 Å². The van der Waals surface area contributed by atoms with Crippen LogP contribution in [-0.2, 0) is 10.0 Å². The number of sulfonamides is 1. The zero-order chi connectivity index (χ0) is 17.2. The summed E-state index contributed by atoms with van der Waals surface area (Å²) in [5.41, 5.74) is 0.994. The Labute approximate surface area is 142 Å². The Bertz CT molecular complexity index is 796. The summed E-state index contributed by atoms with van der Waals surface area (Å²) in [4.78, 5) is 6.32. The maximum Gasteiger partial charge on any atom is 0.244 e. The first-order valence-corrected chi connectivity index (χ1v) is 9.21. The van der Waals surface area contributed by atoms with Gasteiger partial charge in [0.1, 0.15) is 10.6 Å². The highest BCUT2D eigenvalue weighted by atomic mass is 32.2. The maximum absolute atomic E-state index is 12.9. The number of ether oxygens (including phenoxy) is 1. The molecular formula is C17H21N3O3S. The highest BCUT2D eigenvalue weighted by Crippen LogP contribution is 2.32. The van der Waals surface area contributed by atoms with Gasteiger partial charge >= 0.3 is 0 Å². The van der Waals surface area contributed by atoms with Crippen molar-refractivity contribution in [3.05, 3.63) is 54.4 Å². The summed E-state index contributed by atoms with van der Waals surface area (Å²) in [7, 11) is 0.0933. The maximum atomic E-state index is 12.9. The minimum atomic E-state index is -3.54. The molecule has 0 bridgehead atoms. The summed E-state index contributed by atoms with van der Waals surface area (Å²) in [5.74, 6) is 0.773. The SMILES string of the molecule is COc1ccccc1C1CN(S(=O)(=O)c2cccnc2)CCN1C. The third-order valence-corrected chi connectivity index (χ3v) is 6.23. The molecule has 24 heavy (non-hydrogen) atoms. The van der Waals surface area contributed by atoms with E-state index in [1.807, 2.05) is 31.3 Å². The van der Waals surface area contributed by atoms with Crippen LogP contribution in [-0.4, -0.2) is 56.4 Å². The topological polar surface area (TPSA) is 62.7 Å². The van der Waals surface area contributed by atoms with Gasteiger partial charge in [0, 0.05) is 37.6 Å². The van der Waals surface area contributed by atoms with Gasteiger partial charge in [-0.05, 0) is 25.2 Å². The first-order chi connectivity index (χ1) is 11.5. The summed E-state index contributed by atoms with van der Waals surface area (Å²) in [6.07, 6.45) is 2.96. The van der Waals surface area contributed by atoms with E-state index in [4.69, 9.17) is 4.74 Å². The smallest absolute Gasteiger partial charge is 0.244 e. The first-order valence-electron chi connectivity index (χ1n) is 7.77. The number of methoxy groups -OCH3 is 1. The lowest BCUT2D eigenvalue weighted by molar-refractivity contribution is 0.146. The molecule has 0 radical (unpaired) electrons. The second-order valence-corrected chi connectivity index (χ2v) is 7.73. The molecule has 2 aromatic rings. The lowest BCUT2D eigenvalue weighted by Gasteiger charge is -2.39. The van der Waals surface area contributed by atoms with Crippen molar-refractivity contribution >= 4 is 10.0 Å². The van der Waals surface area contributed by atoms with Gasteiger partial charge in [0.25, 0.3) is 0 Å². The zero-order valence-corrected chi connectivity index (χ0v) is 14.6. The van der Waals surface area contributed by atoms with Gasteiger partial charge in [-0.1, -0.05) is 18.2 Å². The van der Waals surface area contributed by atoms with E-state index in [1.54, 1.807) is 25.4 Å². The Morgan fingerprint density at radius 3 is 2.67 bits per heavy atom. The van der Waals surface area contributed by atoms with Gasteiger partial charge in [-0.2, -0.15) is 4.31 Å². The van der Waals surface area contributed by atoms with Gasteiger partial charge in [0.05, 0.1) is 13.2 Å². The highest BCUT2D eigenvalue weighted by Gasteiger charge is 2.34. The fraction of sp³-hybridized carbons (Fsp3) is 0.353. The molecule has 1 aliphatic rings. The molecule has 0 aliphatic carbocycles. The van der Waals surface area contributed by atoms with Crippen LogP contribution in [0.15, 0.2) is 53.7 Å². The van der Waals surface area contributed by atoms with E-state index in [9.17, 15) is 8.42 Å². The van der Waals surface area contributed by atoms with Crippen molar-refractivity contribution in [3.63, 3.8) is 0 Å². The molecule has 1 aromatic heterocycles. The molecule has 2 heterocycles. The Morgan fingerprint density at radius 2 is 1.96 bits per heavy atom. The summed E-state index contributed by atoms with van der Waals surface area (Å²) < 4.78 is 32.7. The van der Waals surface area contributed by atoms with Crippen molar-refractivity contribution in [1.29, 1.82) is 0 Å². The van der Waals surface area contributed by atoms with Crippen LogP contribution in [0.25, 0.3) is 0 Å². The number of hydrogen-bond donors (Lipinski definition) is 0. The minimum absolute atomic E-state index is 0.0543.